The van der Waals surface area contributed by atoms with Gasteiger partial charge in [0.2, 0.25) is 0 Å². The van der Waals surface area contributed by atoms with E-state index in [0.717, 1.165) is 36.9 Å². The maximum absolute atomic E-state index is 11.4. The van der Waals surface area contributed by atoms with Crippen molar-refractivity contribution < 1.29 is 4.21 Å². The van der Waals surface area contributed by atoms with Crippen LogP contribution in [-0.4, -0.2) is 31.3 Å². The van der Waals surface area contributed by atoms with Crippen molar-refractivity contribution in [3.05, 3.63) is 18.2 Å². The van der Waals surface area contributed by atoms with Crippen LogP contribution in [-0.2, 0) is 17.3 Å². The van der Waals surface area contributed by atoms with Crippen molar-refractivity contribution in [2.24, 2.45) is 0 Å². The highest BCUT2D eigenvalue weighted by molar-refractivity contribution is 7.85. The van der Waals surface area contributed by atoms with Gasteiger partial charge in [0.1, 0.15) is 0 Å². The highest BCUT2D eigenvalue weighted by Crippen LogP contribution is 2.24. The molecule has 1 saturated heterocycles. The van der Waals surface area contributed by atoms with Crippen molar-refractivity contribution in [2.45, 2.75) is 44.3 Å². The highest BCUT2D eigenvalue weighted by Gasteiger charge is 2.23. The molecule has 1 aromatic rings. The summed E-state index contributed by atoms with van der Waals surface area (Å²) in [5.41, 5.74) is 1.27. The van der Waals surface area contributed by atoms with Crippen LogP contribution in [0.3, 0.4) is 0 Å². The summed E-state index contributed by atoms with van der Waals surface area (Å²) in [6.07, 6.45) is 8.58. The fourth-order valence-electron chi connectivity index (χ4n) is 2.39. The molecule has 2 fully saturated rings. The summed E-state index contributed by atoms with van der Waals surface area (Å²) in [4.78, 5) is 4.26. The molecule has 17 heavy (non-hydrogen) atoms. The molecule has 4 nitrogen and oxygen atoms in total. The summed E-state index contributed by atoms with van der Waals surface area (Å²) in [6.45, 7) is 0.921. The molecule has 1 aliphatic carbocycles. The van der Waals surface area contributed by atoms with E-state index in [4.69, 9.17) is 0 Å². The molecule has 1 N–H and O–H groups in total. The number of hydrogen-bond acceptors (Lipinski definition) is 3. The van der Waals surface area contributed by atoms with Crippen molar-refractivity contribution >= 4 is 10.8 Å². The number of nitrogens with one attached hydrogen (secondary N) is 1. The Morgan fingerprint density at radius 1 is 1.35 bits per heavy atom. The van der Waals surface area contributed by atoms with Crippen molar-refractivity contribution in [1.29, 1.82) is 0 Å². The minimum atomic E-state index is -0.580. The second-order valence-electron chi connectivity index (χ2n) is 5.03. The lowest BCUT2D eigenvalue weighted by Crippen LogP contribution is -2.24. The van der Waals surface area contributed by atoms with E-state index in [-0.39, 0.29) is 0 Å². The number of hydrogen-bond donors (Lipinski definition) is 1. The molecule has 1 aliphatic heterocycles. The van der Waals surface area contributed by atoms with E-state index in [1.54, 1.807) is 0 Å². The van der Waals surface area contributed by atoms with Gasteiger partial charge in [0, 0.05) is 47.1 Å². The fourth-order valence-corrected chi connectivity index (χ4v) is 3.67. The zero-order chi connectivity index (χ0) is 11.7. The Balaban J connectivity index is 1.64. The number of rotatable bonds is 4. The van der Waals surface area contributed by atoms with Gasteiger partial charge in [-0.15, -0.1) is 0 Å². The second-order valence-corrected chi connectivity index (χ2v) is 6.72. The van der Waals surface area contributed by atoms with Gasteiger partial charge in [-0.25, -0.2) is 4.98 Å². The van der Waals surface area contributed by atoms with Crippen molar-refractivity contribution in [1.82, 2.24) is 14.9 Å². The zero-order valence-corrected chi connectivity index (χ0v) is 10.8. The largest absolute Gasteiger partial charge is 0.330 e. The zero-order valence-electron chi connectivity index (χ0n) is 9.97. The highest BCUT2D eigenvalue weighted by atomic mass is 32.2. The third-order valence-electron chi connectivity index (χ3n) is 3.65. The van der Waals surface area contributed by atoms with E-state index >= 15 is 0 Å². The molecule has 0 spiro atoms. The predicted molar refractivity (Wildman–Crippen MR) is 68.2 cm³/mol. The van der Waals surface area contributed by atoms with Gasteiger partial charge in [-0.3, -0.25) is 4.21 Å². The lowest BCUT2D eigenvalue weighted by molar-refractivity contribution is 0.442. The van der Waals surface area contributed by atoms with Gasteiger partial charge >= 0.3 is 0 Å². The normalized spacial score (nSPS) is 29.4. The Labute approximate surface area is 104 Å². The quantitative estimate of drug-likeness (QED) is 0.877. The molecule has 2 heterocycles. The first-order chi connectivity index (χ1) is 8.33. The van der Waals surface area contributed by atoms with E-state index in [2.05, 4.69) is 14.9 Å². The third kappa shape index (κ3) is 2.77. The number of imidazole rings is 1. The van der Waals surface area contributed by atoms with E-state index in [9.17, 15) is 4.21 Å². The van der Waals surface area contributed by atoms with Gasteiger partial charge in [0.25, 0.3) is 0 Å². The predicted octanol–water partition coefficient (Wildman–Crippen LogP) is 1.22. The Morgan fingerprint density at radius 2 is 2.12 bits per heavy atom. The molecule has 0 bridgehead atoms. The van der Waals surface area contributed by atoms with Crippen LogP contribution in [0.2, 0.25) is 0 Å². The van der Waals surface area contributed by atoms with E-state index in [1.165, 1.54) is 18.5 Å². The molecule has 3 rings (SSSR count). The SMILES string of the molecule is O=S1CCC(n2cncc2CNC2CC2)CC1. The molecule has 5 heteroatoms. The molecule has 2 aliphatic rings. The van der Waals surface area contributed by atoms with Crippen molar-refractivity contribution in [3.8, 4) is 0 Å². The lowest BCUT2D eigenvalue weighted by Gasteiger charge is -2.24. The van der Waals surface area contributed by atoms with Gasteiger partial charge in [-0.2, -0.15) is 0 Å². The van der Waals surface area contributed by atoms with E-state index in [0.29, 0.717) is 6.04 Å². The topological polar surface area (TPSA) is 46.9 Å². The van der Waals surface area contributed by atoms with E-state index in [1.807, 2.05) is 12.5 Å². The van der Waals surface area contributed by atoms with E-state index < -0.39 is 10.8 Å². The van der Waals surface area contributed by atoms with Crippen molar-refractivity contribution in [3.63, 3.8) is 0 Å². The summed E-state index contributed by atoms with van der Waals surface area (Å²) in [7, 11) is -0.580. The summed E-state index contributed by atoms with van der Waals surface area (Å²) in [6, 6.07) is 1.24. The van der Waals surface area contributed by atoms with Gasteiger partial charge < -0.3 is 9.88 Å². The number of aromatic nitrogens is 2. The maximum atomic E-state index is 11.4. The van der Waals surface area contributed by atoms with Crippen LogP contribution in [0.1, 0.15) is 37.4 Å². The Morgan fingerprint density at radius 3 is 2.82 bits per heavy atom. The first-order valence-electron chi connectivity index (χ1n) is 6.42. The lowest BCUT2D eigenvalue weighted by atomic mass is 10.1. The van der Waals surface area contributed by atoms with Crippen molar-refractivity contribution in [2.75, 3.05) is 11.5 Å². The van der Waals surface area contributed by atoms with Gasteiger partial charge in [0.15, 0.2) is 0 Å². The molecule has 0 aromatic carbocycles. The van der Waals surface area contributed by atoms with Crippen LogP contribution in [0.15, 0.2) is 12.5 Å². The number of nitrogens with zero attached hydrogens (tertiary/aromatic N) is 2. The summed E-state index contributed by atoms with van der Waals surface area (Å²) in [5.74, 6) is 1.69. The van der Waals surface area contributed by atoms with Crippen LogP contribution in [0.25, 0.3) is 0 Å². The average Bonchev–Trinajstić information content (AvgIpc) is 3.06. The van der Waals surface area contributed by atoms with Crippen LogP contribution in [0.4, 0.5) is 0 Å². The Hall–Kier alpha value is -0.680. The fraction of sp³-hybridized carbons (Fsp3) is 0.750. The minimum absolute atomic E-state index is 0.506. The molecule has 0 atom stereocenters. The standard InChI is InChI=1S/C12H19N3OS/c16-17-5-3-11(4-6-17)15-9-13-7-12(15)8-14-10-1-2-10/h7,9-11,14H,1-6,8H2. The minimum Gasteiger partial charge on any atom is -0.330 e. The first-order valence-corrected chi connectivity index (χ1v) is 7.91. The molecule has 0 radical (unpaired) electrons. The van der Waals surface area contributed by atoms with Crippen LogP contribution >= 0.6 is 0 Å². The average molecular weight is 253 g/mol. The first kappa shape index (κ1) is 11.4. The van der Waals surface area contributed by atoms with Gasteiger partial charge in [-0.1, -0.05) is 0 Å². The molecule has 1 saturated carbocycles. The van der Waals surface area contributed by atoms with Crippen LogP contribution in [0.5, 0.6) is 0 Å². The summed E-state index contributed by atoms with van der Waals surface area (Å²) >= 11 is 0. The molecule has 94 valence electrons. The monoisotopic (exact) mass is 253 g/mol. The van der Waals surface area contributed by atoms with Crippen LogP contribution < -0.4 is 5.32 Å². The molecule has 0 unspecified atom stereocenters. The molecule has 1 aromatic heterocycles. The second kappa shape index (κ2) is 4.90. The summed E-state index contributed by atoms with van der Waals surface area (Å²) < 4.78 is 13.6. The Bertz CT molecular complexity index is 404. The third-order valence-corrected chi connectivity index (χ3v) is 5.03. The maximum Gasteiger partial charge on any atom is 0.0951 e. The summed E-state index contributed by atoms with van der Waals surface area (Å²) in [5, 5.41) is 3.53. The Kier molecular flexibility index (Phi) is 3.29. The molecular formula is C12H19N3OS. The van der Waals surface area contributed by atoms with Gasteiger partial charge in [0.05, 0.1) is 12.0 Å². The van der Waals surface area contributed by atoms with Crippen LogP contribution in [0, 0.1) is 0 Å². The smallest absolute Gasteiger partial charge is 0.0951 e. The molecular weight excluding hydrogens is 234 g/mol. The van der Waals surface area contributed by atoms with Gasteiger partial charge in [-0.05, 0) is 25.7 Å². The molecule has 0 amide bonds.